The van der Waals surface area contributed by atoms with Gasteiger partial charge in [-0.05, 0) is 38.8 Å². The van der Waals surface area contributed by atoms with Crippen molar-refractivity contribution >= 4 is 11.3 Å². The molecular weight excluding hydrogens is 244 g/mol. The van der Waals surface area contributed by atoms with Crippen LogP contribution in [0.15, 0.2) is 5.38 Å². The highest BCUT2D eigenvalue weighted by atomic mass is 32.1. The Bertz CT molecular complexity index is 364. The quantitative estimate of drug-likeness (QED) is 0.890. The van der Waals surface area contributed by atoms with E-state index in [0.717, 1.165) is 18.0 Å². The van der Waals surface area contributed by atoms with E-state index >= 15 is 0 Å². The Morgan fingerprint density at radius 1 is 1.61 bits per heavy atom. The molecule has 0 aliphatic carbocycles. The van der Waals surface area contributed by atoms with Gasteiger partial charge in [-0.2, -0.15) is 0 Å². The van der Waals surface area contributed by atoms with Crippen LogP contribution in [0.2, 0.25) is 0 Å². The van der Waals surface area contributed by atoms with Crippen LogP contribution in [0.25, 0.3) is 0 Å². The SMILES string of the molecule is CCN1CCCC(Cc2nc(CC(C)O)cs2)C1. The lowest BCUT2D eigenvalue weighted by molar-refractivity contribution is 0.182. The van der Waals surface area contributed by atoms with Gasteiger partial charge in [-0.15, -0.1) is 11.3 Å². The lowest BCUT2D eigenvalue weighted by Crippen LogP contribution is -2.35. The number of thiazole rings is 1. The van der Waals surface area contributed by atoms with Crippen LogP contribution in [0.1, 0.15) is 37.4 Å². The van der Waals surface area contributed by atoms with Gasteiger partial charge in [0.05, 0.1) is 16.8 Å². The second kappa shape index (κ2) is 6.64. The summed E-state index contributed by atoms with van der Waals surface area (Å²) in [5, 5.41) is 12.7. The number of aliphatic hydroxyl groups is 1. The molecule has 0 saturated carbocycles. The maximum Gasteiger partial charge on any atom is 0.0931 e. The van der Waals surface area contributed by atoms with Crippen LogP contribution >= 0.6 is 11.3 Å². The molecule has 1 aromatic heterocycles. The third-order valence-electron chi connectivity index (χ3n) is 3.62. The van der Waals surface area contributed by atoms with Crippen molar-refractivity contribution in [1.29, 1.82) is 0 Å². The van der Waals surface area contributed by atoms with Gasteiger partial charge in [0.2, 0.25) is 0 Å². The summed E-state index contributed by atoms with van der Waals surface area (Å²) in [6.45, 7) is 7.72. The zero-order valence-electron chi connectivity index (χ0n) is 11.4. The molecule has 2 atom stereocenters. The number of aliphatic hydroxyl groups excluding tert-OH is 1. The zero-order chi connectivity index (χ0) is 13.0. The second-order valence-electron chi connectivity index (χ2n) is 5.39. The third-order valence-corrected chi connectivity index (χ3v) is 4.54. The molecule has 3 nitrogen and oxygen atoms in total. The van der Waals surface area contributed by atoms with E-state index in [1.54, 1.807) is 11.3 Å². The molecule has 0 aromatic carbocycles. The molecule has 0 radical (unpaired) electrons. The van der Waals surface area contributed by atoms with Crippen LogP contribution in [-0.2, 0) is 12.8 Å². The number of hydrogen-bond donors (Lipinski definition) is 1. The topological polar surface area (TPSA) is 36.4 Å². The average Bonchev–Trinajstić information content (AvgIpc) is 2.76. The Morgan fingerprint density at radius 3 is 3.17 bits per heavy atom. The highest BCUT2D eigenvalue weighted by Crippen LogP contribution is 2.22. The summed E-state index contributed by atoms with van der Waals surface area (Å²) in [7, 11) is 0. The summed E-state index contributed by atoms with van der Waals surface area (Å²) in [6, 6.07) is 0. The highest BCUT2D eigenvalue weighted by Gasteiger charge is 2.20. The van der Waals surface area contributed by atoms with E-state index in [-0.39, 0.29) is 6.10 Å². The molecule has 18 heavy (non-hydrogen) atoms. The third kappa shape index (κ3) is 4.04. The van der Waals surface area contributed by atoms with Gasteiger partial charge in [-0.1, -0.05) is 6.92 Å². The van der Waals surface area contributed by atoms with Gasteiger partial charge >= 0.3 is 0 Å². The molecule has 1 saturated heterocycles. The van der Waals surface area contributed by atoms with Crippen molar-refractivity contribution in [2.45, 2.75) is 45.6 Å². The Labute approximate surface area is 114 Å². The zero-order valence-corrected chi connectivity index (χ0v) is 12.2. The first kappa shape index (κ1) is 14.0. The highest BCUT2D eigenvalue weighted by molar-refractivity contribution is 7.09. The molecule has 1 aromatic rings. The van der Waals surface area contributed by atoms with Crippen molar-refractivity contribution in [2.75, 3.05) is 19.6 Å². The van der Waals surface area contributed by atoms with Gasteiger partial charge in [-0.3, -0.25) is 0 Å². The lowest BCUT2D eigenvalue weighted by atomic mass is 9.95. The van der Waals surface area contributed by atoms with E-state index in [9.17, 15) is 5.11 Å². The van der Waals surface area contributed by atoms with Crippen molar-refractivity contribution < 1.29 is 5.11 Å². The van der Waals surface area contributed by atoms with E-state index in [4.69, 9.17) is 0 Å². The van der Waals surface area contributed by atoms with Gasteiger partial charge in [-0.25, -0.2) is 4.98 Å². The van der Waals surface area contributed by atoms with E-state index in [1.165, 1.54) is 37.5 Å². The average molecular weight is 268 g/mol. The number of nitrogens with zero attached hydrogens (tertiary/aromatic N) is 2. The first-order valence-electron chi connectivity index (χ1n) is 7.01. The van der Waals surface area contributed by atoms with Gasteiger partial charge < -0.3 is 10.0 Å². The van der Waals surface area contributed by atoms with Crippen molar-refractivity contribution in [2.24, 2.45) is 5.92 Å². The Hall–Kier alpha value is -0.450. The van der Waals surface area contributed by atoms with Gasteiger partial charge in [0.1, 0.15) is 0 Å². The van der Waals surface area contributed by atoms with Crippen LogP contribution in [0.4, 0.5) is 0 Å². The van der Waals surface area contributed by atoms with Gasteiger partial charge in [0, 0.05) is 24.8 Å². The number of aromatic nitrogens is 1. The minimum Gasteiger partial charge on any atom is -0.393 e. The van der Waals surface area contributed by atoms with Crippen molar-refractivity contribution in [1.82, 2.24) is 9.88 Å². The maximum absolute atomic E-state index is 9.36. The second-order valence-corrected chi connectivity index (χ2v) is 6.33. The lowest BCUT2D eigenvalue weighted by Gasteiger charge is -2.31. The number of piperidine rings is 1. The standard InChI is InChI=1S/C14H24N2OS/c1-3-16-6-4-5-12(9-16)8-14-15-13(10-18-14)7-11(2)17/h10-12,17H,3-9H2,1-2H3. The predicted molar refractivity (Wildman–Crippen MR) is 76.0 cm³/mol. The summed E-state index contributed by atoms with van der Waals surface area (Å²) in [4.78, 5) is 7.18. The Kier molecular flexibility index (Phi) is 5.15. The first-order valence-corrected chi connectivity index (χ1v) is 7.89. The molecule has 0 bridgehead atoms. The molecule has 2 heterocycles. The molecule has 1 aliphatic rings. The maximum atomic E-state index is 9.36. The van der Waals surface area contributed by atoms with Gasteiger partial charge in [0.15, 0.2) is 0 Å². The largest absolute Gasteiger partial charge is 0.393 e. The molecule has 0 amide bonds. The normalized spacial score (nSPS) is 23.2. The minimum atomic E-state index is -0.287. The van der Waals surface area contributed by atoms with Crippen molar-refractivity contribution in [3.8, 4) is 0 Å². The molecule has 1 fully saturated rings. The Balaban J connectivity index is 1.86. The fourth-order valence-corrected chi connectivity index (χ4v) is 3.61. The summed E-state index contributed by atoms with van der Waals surface area (Å²) in [5.41, 5.74) is 1.05. The van der Waals surface area contributed by atoms with Crippen LogP contribution < -0.4 is 0 Å². The van der Waals surface area contributed by atoms with E-state index < -0.39 is 0 Å². The molecule has 4 heteroatoms. The van der Waals surface area contributed by atoms with Crippen LogP contribution in [0.5, 0.6) is 0 Å². The summed E-state index contributed by atoms with van der Waals surface area (Å²) in [5.74, 6) is 0.768. The van der Waals surface area contributed by atoms with Gasteiger partial charge in [0.25, 0.3) is 0 Å². The van der Waals surface area contributed by atoms with Crippen molar-refractivity contribution in [3.63, 3.8) is 0 Å². The van der Waals surface area contributed by atoms with E-state index in [2.05, 4.69) is 22.2 Å². The molecule has 1 N–H and O–H groups in total. The summed E-state index contributed by atoms with van der Waals surface area (Å²) in [6.07, 6.45) is 4.17. The number of hydrogen-bond acceptors (Lipinski definition) is 4. The Morgan fingerprint density at radius 2 is 2.44 bits per heavy atom. The molecule has 2 unspecified atom stereocenters. The number of likely N-dealkylation sites (tertiary alicyclic amines) is 1. The van der Waals surface area contributed by atoms with Crippen LogP contribution in [0, 0.1) is 5.92 Å². The summed E-state index contributed by atoms with van der Waals surface area (Å²) < 4.78 is 0. The fourth-order valence-electron chi connectivity index (χ4n) is 2.69. The molecule has 1 aliphatic heterocycles. The fraction of sp³-hybridized carbons (Fsp3) is 0.786. The molecular formula is C14H24N2OS. The first-order chi connectivity index (χ1) is 8.67. The molecule has 102 valence electrons. The molecule has 0 spiro atoms. The van der Waals surface area contributed by atoms with E-state index in [0.29, 0.717) is 6.42 Å². The predicted octanol–water partition coefficient (Wildman–Crippen LogP) is 2.34. The monoisotopic (exact) mass is 268 g/mol. The van der Waals surface area contributed by atoms with Crippen LogP contribution in [-0.4, -0.2) is 40.7 Å². The molecule has 2 rings (SSSR count). The summed E-state index contributed by atoms with van der Waals surface area (Å²) >= 11 is 1.75. The number of rotatable bonds is 5. The van der Waals surface area contributed by atoms with Crippen molar-refractivity contribution in [3.05, 3.63) is 16.1 Å². The van der Waals surface area contributed by atoms with E-state index in [1.807, 2.05) is 6.92 Å². The smallest absolute Gasteiger partial charge is 0.0931 e. The van der Waals surface area contributed by atoms with Crippen LogP contribution in [0.3, 0.4) is 0 Å². The minimum absolute atomic E-state index is 0.287.